The molecular formula is C21H34N2O2. The zero-order valence-corrected chi connectivity index (χ0v) is 16.1. The lowest BCUT2D eigenvalue weighted by molar-refractivity contribution is -0.128. The van der Waals surface area contributed by atoms with Gasteiger partial charge in [0.05, 0.1) is 0 Å². The molecule has 1 aromatic rings. The SMILES string of the molecule is CC[C@@H](Oc1cc(C)ccc1C)C(=O)NCCCN1CCCCCC1. The number of likely N-dealkylation sites (tertiary alicyclic amines) is 1. The lowest BCUT2D eigenvalue weighted by Gasteiger charge is -2.21. The number of nitrogens with zero attached hydrogens (tertiary/aromatic N) is 1. The van der Waals surface area contributed by atoms with Gasteiger partial charge < -0.3 is 15.0 Å². The first-order valence-corrected chi connectivity index (χ1v) is 9.84. The Morgan fingerprint density at radius 2 is 1.92 bits per heavy atom. The Hall–Kier alpha value is -1.55. The van der Waals surface area contributed by atoms with E-state index in [0.29, 0.717) is 6.42 Å². The summed E-state index contributed by atoms with van der Waals surface area (Å²) < 4.78 is 5.98. The van der Waals surface area contributed by atoms with Crippen molar-refractivity contribution in [1.29, 1.82) is 0 Å². The third-order valence-corrected chi connectivity index (χ3v) is 4.93. The van der Waals surface area contributed by atoms with Gasteiger partial charge in [0, 0.05) is 6.54 Å². The first-order chi connectivity index (χ1) is 12.1. The average Bonchev–Trinajstić information content (AvgIpc) is 2.88. The Labute approximate surface area is 152 Å². The molecule has 140 valence electrons. The van der Waals surface area contributed by atoms with Gasteiger partial charge in [-0.15, -0.1) is 0 Å². The summed E-state index contributed by atoms with van der Waals surface area (Å²) in [5.74, 6) is 0.811. The number of carbonyl (C=O) groups is 1. The highest BCUT2D eigenvalue weighted by atomic mass is 16.5. The fourth-order valence-corrected chi connectivity index (χ4v) is 3.30. The lowest BCUT2D eigenvalue weighted by Crippen LogP contribution is -2.39. The third kappa shape index (κ3) is 6.69. The Morgan fingerprint density at radius 3 is 2.60 bits per heavy atom. The molecule has 0 unspecified atom stereocenters. The van der Waals surface area contributed by atoms with Gasteiger partial charge in [0.15, 0.2) is 6.10 Å². The lowest BCUT2D eigenvalue weighted by atomic mass is 10.1. The van der Waals surface area contributed by atoms with Crippen molar-refractivity contribution in [1.82, 2.24) is 10.2 Å². The van der Waals surface area contributed by atoms with Crippen LogP contribution in [0.2, 0.25) is 0 Å². The summed E-state index contributed by atoms with van der Waals surface area (Å²) in [7, 11) is 0. The summed E-state index contributed by atoms with van der Waals surface area (Å²) in [5, 5.41) is 3.05. The molecule has 1 fully saturated rings. The molecule has 1 aromatic carbocycles. The van der Waals surface area contributed by atoms with Gasteiger partial charge in [0.1, 0.15) is 5.75 Å². The summed E-state index contributed by atoms with van der Waals surface area (Å²) in [5.41, 5.74) is 2.21. The van der Waals surface area contributed by atoms with Gasteiger partial charge in [-0.3, -0.25) is 4.79 Å². The molecule has 0 radical (unpaired) electrons. The van der Waals surface area contributed by atoms with Crippen LogP contribution in [0.25, 0.3) is 0 Å². The molecule has 1 amide bonds. The highest BCUT2D eigenvalue weighted by Gasteiger charge is 2.19. The van der Waals surface area contributed by atoms with Crippen molar-refractivity contribution in [3.05, 3.63) is 29.3 Å². The Kier molecular flexibility index (Phi) is 8.26. The number of ether oxygens (including phenoxy) is 1. The molecule has 25 heavy (non-hydrogen) atoms. The van der Waals surface area contributed by atoms with Crippen LogP contribution < -0.4 is 10.1 Å². The number of hydrogen-bond acceptors (Lipinski definition) is 3. The molecule has 1 N–H and O–H groups in total. The second-order valence-electron chi connectivity index (χ2n) is 7.18. The van der Waals surface area contributed by atoms with E-state index in [0.717, 1.165) is 36.4 Å². The number of hydrogen-bond donors (Lipinski definition) is 1. The summed E-state index contributed by atoms with van der Waals surface area (Å²) in [4.78, 5) is 15.0. The third-order valence-electron chi connectivity index (χ3n) is 4.93. The van der Waals surface area contributed by atoms with Crippen LogP contribution in [0, 0.1) is 13.8 Å². The molecule has 4 heteroatoms. The van der Waals surface area contributed by atoms with Gasteiger partial charge >= 0.3 is 0 Å². The molecule has 0 aromatic heterocycles. The Balaban J connectivity index is 1.74. The zero-order chi connectivity index (χ0) is 18.1. The molecule has 0 saturated carbocycles. The van der Waals surface area contributed by atoms with Gasteiger partial charge in [-0.1, -0.05) is 31.9 Å². The highest BCUT2D eigenvalue weighted by molar-refractivity contribution is 5.81. The smallest absolute Gasteiger partial charge is 0.261 e. The molecule has 1 aliphatic rings. The van der Waals surface area contributed by atoms with E-state index in [-0.39, 0.29) is 5.91 Å². The fourth-order valence-electron chi connectivity index (χ4n) is 3.30. The van der Waals surface area contributed by atoms with Gasteiger partial charge in [-0.2, -0.15) is 0 Å². The maximum absolute atomic E-state index is 12.4. The standard InChI is InChI=1S/C21H34N2O2/c1-4-19(25-20-16-17(2)10-11-18(20)3)21(24)22-12-9-15-23-13-7-5-6-8-14-23/h10-11,16,19H,4-9,12-15H2,1-3H3,(H,22,24)/t19-/m1/s1. The van der Waals surface area contributed by atoms with E-state index in [4.69, 9.17) is 4.74 Å². The second-order valence-corrected chi connectivity index (χ2v) is 7.18. The van der Waals surface area contributed by atoms with Crippen molar-refractivity contribution >= 4 is 5.91 Å². The topological polar surface area (TPSA) is 41.6 Å². The van der Waals surface area contributed by atoms with Crippen molar-refractivity contribution in [2.45, 2.75) is 65.4 Å². The van der Waals surface area contributed by atoms with Crippen LogP contribution in [-0.2, 0) is 4.79 Å². The number of amides is 1. The van der Waals surface area contributed by atoms with E-state index in [2.05, 4.69) is 16.3 Å². The minimum atomic E-state index is -0.418. The normalized spacial score (nSPS) is 16.9. The Bertz CT molecular complexity index is 537. The van der Waals surface area contributed by atoms with Gasteiger partial charge in [-0.05, 0) is 76.4 Å². The number of rotatable bonds is 8. The summed E-state index contributed by atoms with van der Waals surface area (Å²) in [6.07, 6.45) is 6.61. The van der Waals surface area contributed by atoms with E-state index in [9.17, 15) is 4.79 Å². The number of nitrogens with one attached hydrogen (secondary N) is 1. The predicted octanol–water partition coefficient (Wildman–Crippen LogP) is 3.84. The van der Waals surface area contributed by atoms with E-state index >= 15 is 0 Å². The molecule has 4 nitrogen and oxygen atoms in total. The summed E-state index contributed by atoms with van der Waals surface area (Å²) >= 11 is 0. The Morgan fingerprint density at radius 1 is 1.20 bits per heavy atom. The largest absolute Gasteiger partial charge is 0.480 e. The average molecular weight is 347 g/mol. The fraction of sp³-hybridized carbons (Fsp3) is 0.667. The number of carbonyl (C=O) groups excluding carboxylic acids is 1. The van der Waals surface area contributed by atoms with Gasteiger partial charge in [0.25, 0.3) is 5.91 Å². The van der Waals surface area contributed by atoms with Crippen molar-refractivity contribution < 1.29 is 9.53 Å². The second kappa shape index (κ2) is 10.4. The van der Waals surface area contributed by atoms with E-state index in [1.807, 2.05) is 32.9 Å². The van der Waals surface area contributed by atoms with Crippen molar-refractivity contribution in [2.75, 3.05) is 26.2 Å². The summed E-state index contributed by atoms with van der Waals surface area (Å²) in [6.45, 7) is 10.3. The molecule has 1 atom stereocenters. The van der Waals surface area contributed by atoms with Crippen LogP contribution in [0.3, 0.4) is 0 Å². The quantitative estimate of drug-likeness (QED) is 0.727. The maximum Gasteiger partial charge on any atom is 0.261 e. The van der Waals surface area contributed by atoms with E-state index < -0.39 is 6.10 Å². The molecule has 0 aliphatic carbocycles. The van der Waals surface area contributed by atoms with Gasteiger partial charge in [-0.25, -0.2) is 0 Å². The monoisotopic (exact) mass is 346 g/mol. The maximum atomic E-state index is 12.4. The van der Waals surface area contributed by atoms with Gasteiger partial charge in [0.2, 0.25) is 0 Å². The number of aryl methyl sites for hydroxylation is 2. The molecule has 2 rings (SSSR count). The number of benzene rings is 1. The van der Waals surface area contributed by atoms with Crippen LogP contribution in [0.15, 0.2) is 18.2 Å². The predicted molar refractivity (Wildman–Crippen MR) is 103 cm³/mol. The molecule has 1 saturated heterocycles. The minimum Gasteiger partial charge on any atom is -0.480 e. The zero-order valence-electron chi connectivity index (χ0n) is 16.1. The van der Waals surface area contributed by atoms with Crippen LogP contribution in [0.1, 0.15) is 56.6 Å². The van der Waals surface area contributed by atoms with Crippen molar-refractivity contribution in [2.24, 2.45) is 0 Å². The molecule has 1 aliphatic heterocycles. The van der Waals surface area contributed by atoms with E-state index in [1.54, 1.807) is 0 Å². The van der Waals surface area contributed by atoms with E-state index in [1.165, 1.54) is 38.8 Å². The first-order valence-electron chi connectivity index (χ1n) is 9.84. The molecule has 1 heterocycles. The van der Waals surface area contributed by atoms with Crippen LogP contribution in [0.4, 0.5) is 0 Å². The molecule has 0 bridgehead atoms. The molecule has 0 spiro atoms. The van der Waals surface area contributed by atoms with Crippen molar-refractivity contribution in [3.8, 4) is 5.75 Å². The molecular weight excluding hydrogens is 312 g/mol. The van der Waals surface area contributed by atoms with Crippen molar-refractivity contribution in [3.63, 3.8) is 0 Å². The highest BCUT2D eigenvalue weighted by Crippen LogP contribution is 2.21. The van der Waals surface area contributed by atoms with Crippen LogP contribution >= 0.6 is 0 Å². The first kappa shape index (κ1) is 19.8. The van der Waals surface area contributed by atoms with Crippen LogP contribution in [0.5, 0.6) is 5.75 Å². The summed E-state index contributed by atoms with van der Waals surface area (Å²) in [6, 6.07) is 6.10. The van der Waals surface area contributed by atoms with Crippen LogP contribution in [-0.4, -0.2) is 43.1 Å². The minimum absolute atomic E-state index is 0.000674.